The van der Waals surface area contributed by atoms with Crippen LogP contribution in [0.3, 0.4) is 0 Å². The maximum Gasteiger partial charge on any atom is 0.243 e. The molecule has 1 aromatic carbocycles. The van der Waals surface area contributed by atoms with Gasteiger partial charge in [0.25, 0.3) is 0 Å². The van der Waals surface area contributed by atoms with Crippen LogP contribution in [-0.4, -0.2) is 31.9 Å². The van der Waals surface area contributed by atoms with Gasteiger partial charge in [-0.3, -0.25) is 0 Å². The summed E-state index contributed by atoms with van der Waals surface area (Å²) in [5.74, 6) is -0.592. The average molecular weight is 309 g/mol. The SMILES string of the molecule is NC1CN(S(=O)(=O)c2ccc(Br)c(F)c2)C1. The highest BCUT2D eigenvalue weighted by Gasteiger charge is 2.34. The van der Waals surface area contributed by atoms with Crippen LogP contribution in [0.25, 0.3) is 0 Å². The van der Waals surface area contributed by atoms with Crippen LogP contribution in [0.1, 0.15) is 0 Å². The van der Waals surface area contributed by atoms with E-state index in [1.165, 1.54) is 16.4 Å². The lowest BCUT2D eigenvalue weighted by Gasteiger charge is -2.35. The molecule has 16 heavy (non-hydrogen) atoms. The first-order valence-corrected chi connectivity index (χ1v) is 6.85. The molecule has 0 amide bonds. The highest BCUT2D eigenvalue weighted by atomic mass is 79.9. The Morgan fingerprint density at radius 3 is 2.56 bits per heavy atom. The van der Waals surface area contributed by atoms with Gasteiger partial charge in [0.2, 0.25) is 10.0 Å². The minimum absolute atomic E-state index is 0.0416. The smallest absolute Gasteiger partial charge is 0.243 e. The van der Waals surface area contributed by atoms with Crippen molar-refractivity contribution in [3.05, 3.63) is 28.5 Å². The third-order valence-corrected chi connectivity index (χ3v) is 4.88. The summed E-state index contributed by atoms with van der Waals surface area (Å²) in [6.07, 6.45) is 0. The van der Waals surface area contributed by atoms with Crippen LogP contribution >= 0.6 is 15.9 Å². The summed E-state index contributed by atoms with van der Waals surface area (Å²) in [7, 11) is -3.58. The van der Waals surface area contributed by atoms with Crippen molar-refractivity contribution in [2.45, 2.75) is 10.9 Å². The van der Waals surface area contributed by atoms with E-state index in [1.807, 2.05) is 0 Å². The monoisotopic (exact) mass is 308 g/mol. The zero-order chi connectivity index (χ0) is 11.9. The van der Waals surface area contributed by atoms with Crippen LogP contribution < -0.4 is 5.73 Å². The summed E-state index contributed by atoms with van der Waals surface area (Å²) in [6, 6.07) is 3.63. The van der Waals surface area contributed by atoms with Crippen molar-refractivity contribution >= 4 is 26.0 Å². The zero-order valence-corrected chi connectivity index (χ0v) is 10.6. The van der Waals surface area contributed by atoms with Gasteiger partial charge in [-0.05, 0) is 34.1 Å². The summed E-state index contributed by atoms with van der Waals surface area (Å²) < 4.78 is 38.5. The van der Waals surface area contributed by atoms with E-state index in [1.54, 1.807) is 0 Å². The van der Waals surface area contributed by atoms with E-state index in [0.29, 0.717) is 13.1 Å². The summed E-state index contributed by atoms with van der Waals surface area (Å²) in [5.41, 5.74) is 5.51. The second-order valence-corrected chi connectivity index (χ2v) is 6.45. The minimum Gasteiger partial charge on any atom is -0.325 e. The quantitative estimate of drug-likeness (QED) is 0.883. The number of benzene rings is 1. The third-order valence-electron chi connectivity index (χ3n) is 2.41. The lowest BCUT2D eigenvalue weighted by Crippen LogP contribution is -2.57. The van der Waals surface area contributed by atoms with E-state index in [-0.39, 0.29) is 15.4 Å². The van der Waals surface area contributed by atoms with E-state index in [0.717, 1.165) is 6.07 Å². The van der Waals surface area contributed by atoms with Gasteiger partial charge < -0.3 is 5.73 Å². The van der Waals surface area contributed by atoms with Gasteiger partial charge in [0, 0.05) is 19.1 Å². The molecule has 0 aromatic heterocycles. The Labute approximate surface area is 101 Å². The second kappa shape index (κ2) is 4.06. The fraction of sp³-hybridized carbons (Fsp3) is 0.333. The van der Waals surface area contributed by atoms with Gasteiger partial charge in [-0.25, -0.2) is 12.8 Å². The molecule has 1 aliphatic heterocycles. The highest BCUT2D eigenvalue weighted by Crippen LogP contribution is 2.24. The largest absolute Gasteiger partial charge is 0.325 e. The number of halogens is 2. The predicted octanol–water partition coefficient (Wildman–Crippen LogP) is 0.920. The molecule has 1 saturated heterocycles. The molecule has 0 atom stereocenters. The van der Waals surface area contributed by atoms with Crippen molar-refractivity contribution in [2.75, 3.05) is 13.1 Å². The summed E-state index contributed by atoms with van der Waals surface area (Å²) in [4.78, 5) is -0.0416. The predicted molar refractivity (Wildman–Crippen MR) is 60.8 cm³/mol. The van der Waals surface area contributed by atoms with Crippen molar-refractivity contribution < 1.29 is 12.8 Å². The first-order valence-electron chi connectivity index (χ1n) is 4.62. The third kappa shape index (κ3) is 2.00. The number of nitrogens with zero attached hydrogens (tertiary/aromatic N) is 1. The molecule has 0 radical (unpaired) electrons. The molecule has 0 spiro atoms. The highest BCUT2D eigenvalue weighted by molar-refractivity contribution is 9.10. The van der Waals surface area contributed by atoms with Crippen molar-refractivity contribution in [1.82, 2.24) is 4.31 Å². The lowest BCUT2D eigenvalue weighted by atomic mass is 10.2. The average Bonchev–Trinajstić information content (AvgIpc) is 2.17. The van der Waals surface area contributed by atoms with Gasteiger partial charge in [0.15, 0.2) is 0 Å². The standard InChI is InChI=1S/C9H10BrFN2O2S/c10-8-2-1-7(3-9(8)11)16(14,15)13-4-6(12)5-13/h1-3,6H,4-5,12H2. The Bertz CT molecular complexity index is 514. The Balaban J connectivity index is 2.33. The van der Waals surface area contributed by atoms with Crippen molar-refractivity contribution in [2.24, 2.45) is 5.73 Å². The van der Waals surface area contributed by atoms with Gasteiger partial charge in [0.1, 0.15) is 5.82 Å². The first-order chi connectivity index (χ1) is 7.41. The molecule has 0 aliphatic carbocycles. The Kier molecular flexibility index (Phi) is 3.04. The summed E-state index contributed by atoms with van der Waals surface area (Å²) in [5, 5.41) is 0. The molecule has 1 aliphatic rings. The van der Waals surface area contributed by atoms with E-state index < -0.39 is 15.8 Å². The van der Waals surface area contributed by atoms with Crippen molar-refractivity contribution in [3.63, 3.8) is 0 Å². The van der Waals surface area contributed by atoms with Crippen LogP contribution in [-0.2, 0) is 10.0 Å². The van der Waals surface area contributed by atoms with Crippen LogP contribution in [0.15, 0.2) is 27.6 Å². The van der Waals surface area contributed by atoms with Gasteiger partial charge in [-0.1, -0.05) is 0 Å². The molecule has 0 saturated carbocycles. The fourth-order valence-electron chi connectivity index (χ4n) is 1.45. The summed E-state index contributed by atoms with van der Waals surface area (Å²) in [6.45, 7) is 0.583. The van der Waals surface area contributed by atoms with Crippen LogP contribution in [0.4, 0.5) is 4.39 Å². The number of hydrogen-bond acceptors (Lipinski definition) is 3. The molecule has 2 N–H and O–H groups in total. The number of rotatable bonds is 2. The molecule has 0 unspecified atom stereocenters. The summed E-state index contributed by atoms with van der Waals surface area (Å²) >= 11 is 2.97. The Morgan fingerprint density at radius 2 is 2.06 bits per heavy atom. The maximum absolute atomic E-state index is 13.2. The van der Waals surface area contributed by atoms with Gasteiger partial charge in [-0.2, -0.15) is 4.31 Å². The van der Waals surface area contributed by atoms with Crippen LogP contribution in [0.5, 0.6) is 0 Å². The molecule has 1 heterocycles. The van der Waals surface area contributed by atoms with Crippen LogP contribution in [0, 0.1) is 5.82 Å². The van der Waals surface area contributed by atoms with Crippen LogP contribution in [0.2, 0.25) is 0 Å². The molecule has 7 heteroatoms. The molecular weight excluding hydrogens is 299 g/mol. The van der Waals surface area contributed by atoms with Crippen molar-refractivity contribution in [1.29, 1.82) is 0 Å². The first kappa shape index (κ1) is 12.0. The van der Waals surface area contributed by atoms with Gasteiger partial charge in [-0.15, -0.1) is 0 Å². The molecule has 0 bridgehead atoms. The molecule has 88 valence electrons. The van der Waals surface area contributed by atoms with E-state index in [9.17, 15) is 12.8 Å². The fourth-order valence-corrected chi connectivity index (χ4v) is 3.26. The van der Waals surface area contributed by atoms with E-state index >= 15 is 0 Å². The Hall–Kier alpha value is -0.500. The van der Waals surface area contributed by atoms with Gasteiger partial charge >= 0.3 is 0 Å². The number of nitrogens with two attached hydrogens (primary N) is 1. The van der Waals surface area contributed by atoms with E-state index in [4.69, 9.17) is 5.73 Å². The lowest BCUT2D eigenvalue weighted by molar-refractivity contribution is 0.265. The van der Waals surface area contributed by atoms with Gasteiger partial charge in [0.05, 0.1) is 9.37 Å². The minimum atomic E-state index is -3.58. The van der Waals surface area contributed by atoms with Crippen molar-refractivity contribution in [3.8, 4) is 0 Å². The molecule has 2 rings (SSSR count). The second-order valence-electron chi connectivity index (χ2n) is 3.66. The maximum atomic E-state index is 13.2. The number of hydrogen-bond donors (Lipinski definition) is 1. The zero-order valence-electron chi connectivity index (χ0n) is 8.23. The molecule has 1 fully saturated rings. The Morgan fingerprint density at radius 1 is 1.44 bits per heavy atom. The topological polar surface area (TPSA) is 63.4 Å². The normalized spacial score (nSPS) is 18.4. The number of sulfonamides is 1. The van der Waals surface area contributed by atoms with E-state index in [2.05, 4.69) is 15.9 Å². The molecule has 1 aromatic rings. The molecule has 4 nitrogen and oxygen atoms in total. The molecular formula is C9H10BrFN2O2S.